The molecule has 0 saturated carbocycles. The summed E-state index contributed by atoms with van der Waals surface area (Å²) in [5, 5.41) is 5.14. The van der Waals surface area contributed by atoms with Gasteiger partial charge in [-0.2, -0.15) is 0 Å². The number of esters is 1. The lowest BCUT2D eigenvalue weighted by Crippen LogP contribution is -2.15. The van der Waals surface area contributed by atoms with Crippen molar-refractivity contribution in [1.82, 2.24) is 4.98 Å². The van der Waals surface area contributed by atoms with Crippen molar-refractivity contribution < 1.29 is 18.7 Å². The van der Waals surface area contributed by atoms with Gasteiger partial charge < -0.3 is 10.1 Å². The number of hydrogen-bond acceptors (Lipinski definition) is 5. The molecule has 1 amide bonds. The van der Waals surface area contributed by atoms with Gasteiger partial charge in [0.15, 0.2) is 0 Å². The van der Waals surface area contributed by atoms with Gasteiger partial charge in [-0.25, -0.2) is 14.2 Å². The number of hydrogen-bond donors (Lipinski definition) is 1. The van der Waals surface area contributed by atoms with E-state index in [0.717, 1.165) is 10.9 Å². The fraction of sp³-hybridized carbons (Fsp3) is 0.0455. The Labute approximate surface area is 169 Å². The van der Waals surface area contributed by atoms with Gasteiger partial charge in [0.2, 0.25) is 0 Å². The quantitative estimate of drug-likeness (QED) is 0.477. The SMILES string of the molecule is COC(=O)c1ccc(F)c(NC(=O)c2cc(-c3cccs3)nc3ccccc23)c1. The highest BCUT2D eigenvalue weighted by Crippen LogP contribution is 2.28. The molecular formula is C22H15FN2O3S. The number of ether oxygens (including phenoxy) is 1. The predicted molar refractivity (Wildman–Crippen MR) is 111 cm³/mol. The van der Waals surface area contributed by atoms with E-state index in [1.165, 1.54) is 30.6 Å². The molecule has 0 atom stereocenters. The van der Waals surface area contributed by atoms with Gasteiger partial charge in [-0.15, -0.1) is 11.3 Å². The van der Waals surface area contributed by atoms with E-state index in [9.17, 15) is 14.0 Å². The number of fused-ring (bicyclic) bond motifs is 1. The van der Waals surface area contributed by atoms with Crippen molar-refractivity contribution in [2.75, 3.05) is 12.4 Å². The van der Waals surface area contributed by atoms with Crippen LogP contribution < -0.4 is 5.32 Å². The van der Waals surface area contributed by atoms with E-state index in [1.807, 2.05) is 35.7 Å². The third-order valence-corrected chi connectivity index (χ3v) is 5.26. The minimum atomic E-state index is -0.650. The highest BCUT2D eigenvalue weighted by molar-refractivity contribution is 7.13. The van der Waals surface area contributed by atoms with Crippen LogP contribution >= 0.6 is 11.3 Å². The van der Waals surface area contributed by atoms with Crippen molar-refractivity contribution in [2.45, 2.75) is 0 Å². The minimum Gasteiger partial charge on any atom is -0.465 e. The lowest BCUT2D eigenvalue weighted by molar-refractivity contribution is 0.0600. The fourth-order valence-corrected chi connectivity index (χ4v) is 3.66. The van der Waals surface area contributed by atoms with Crippen molar-refractivity contribution in [3.8, 4) is 10.6 Å². The zero-order valence-electron chi connectivity index (χ0n) is 15.3. The number of rotatable bonds is 4. The van der Waals surface area contributed by atoms with Crippen LogP contribution in [0.25, 0.3) is 21.5 Å². The molecule has 5 nitrogen and oxygen atoms in total. The average Bonchev–Trinajstić information content (AvgIpc) is 3.29. The molecule has 0 aliphatic rings. The van der Waals surface area contributed by atoms with E-state index in [4.69, 9.17) is 0 Å². The van der Waals surface area contributed by atoms with Gasteiger partial charge in [0.05, 0.1) is 40.0 Å². The zero-order chi connectivity index (χ0) is 20.4. The van der Waals surface area contributed by atoms with E-state index in [-0.39, 0.29) is 11.3 Å². The molecule has 4 aromatic rings. The summed E-state index contributed by atoms with van der Waals surface area (Å²) in [6.07, 6.45) is 0. The first kappa shape index (κ1) is 18.8. The Morgan fingerprint density at radius 2 is 1.90 bits per heavy atom. The Morgan fingerprint density at radius 1 is 1.07 bits per heavy atom. The van der Waals surface area contributed by atoms with Gasteiger partial charge >= 0.3 is 5.97 Å². The van der Waals surface area contributed by atoms with Crippen molar-refractivity contribution in [2.24, 2.45) is 0 Å². The third-order valence-electron chi connectivity index (χ3n) is 4.37. The molecule has 0 spiro atoms. The van der Waals surface area contributed by atoms with Crippen molar-refractivity contribution >= 4 is 39.8 Å². The third kappa shape index (κ3) is 3.72. The van der Waals surface area contributed by atoms with E-state index >= 15 is 0 Å². The van der Waals surface area contributed by atoms with Crippen LogP contribution in [0.2, 0.25) is 0 Å². The molecule has 0 unspecified atom stereocenters. The highest BCUT2D eigenvalue weighted by Gasteiger charge is 2.17. The molecule has 29 heavy (non-hydrogen) atoms. The largest absolute Gasteiger partial charge is 0.465 e. The van der Waals surface area contributed by atoms with Crippen LogP contribution in [0, 0.1) is 5.82 Å². The minimum absolute atomic E-state index is 0.100. The van der Waals surface area contributed by atoms with Gasteiger partial charge in [-0.3, -0.25) is 4.79 Å². The van der Waals surface area contributed by atoms with E-state index in [1.54, 1.807) is 12.1 Å². The Bertz CT molecular complexity index is 1220. The van der Waals surface area contributed by atoms with Crippen LogP contribution in [0.15, 0.2) is 66.0 Å². The summed E-state index contributed by atoms with van der Waals surface area (Å²) in [7, 11) is 1.24. The fourth-order valence-electron chi connectivity index (χ4n) is 2.97. The van der Waals surface area contributed by atoms with Crippen LogP contribution in [0.4, 0.5) is 10.1 Å². The standard InChI is InChI=1S/C22H15FN2O3S/c1-28-22(27)13-8-9-16(23)18(11-13)25-21(26)15-12-19(20-7-4-10-29-20)24-17-6-3-2-5-14(15)17/h2-12H,1H3,(H,25,26). The maximum absolute atomic E-state index is 14.3. The molecule has 0 aliphatic heterocycles. The summed E-state index contributed by atoms with van der Waals surface area (Å²) in [5.41, 5.74) is 1.72. The number of aromatic nitrogens is 1. The first-order valence-corrected chi connectivity index (χ1v) is 9.57. The number of nitrogens with zero attached hydrogens (tertiary/aromatic N) is 1. The number of benzene rings is 2. The maximum Gasteiger partial charge on any atom is 0.337 e. The lowest BCUT2D eigenvalue weighted by Gasteiger charge is -2.11. The number of carbonyl (C=O) groups excluding carboxylic acids is 2. The van der Waals surface area contributed by atoms with Gasteiger partial charge in [0.25, 0.3) is 5.91 Å². The number of carbonyl (C=O) groups is 2. The summed E-state index contributed by atoms with van der Waals surface area (Å²) >= 11 is 1.51. The summed E-state index contributed by atoms with van der Waals surface area (Å²) in [6.45, 7) is 0. The van der Waals surface area contributed by atoms with Crippen LogP contribution in [-0.2, 0) is 4.74 Å². The van der Waals surface area contributed by atoms with Crippen molar-refractivity contribution in [3.05, 3.63) is 83.0 Å². The molecule has 0 saturated heterocycles. The molecule has 2 aromatic heterocycles. The van der Waals surface area contributed by atoms with Crippen molar-refractivity contribution in [3.63, 3.8) is 0 Å². The van der Waals surface area contributed by atoms with Crippen LogP contribution in [0.3, 0.4) is 0 Å². The molecule has 144 valence electrons. The lowest BCUT2D eigenvalue weighted by atomic mass is 10.1. The number of amides is 1. The number of methoxy groups -OCH3 is 1. The maximum atomic E-state index is 14.3. The molecule has 0 aliphatic carbocycles. The average molecular weight is 406 g/mol. The summed E-state index contributed by atoms with van der Waals surface area (Å²) in [5.74, 6) is -1.76. The van der Waals surface area contributed by atoms with Crippen LogP contribution in [0.1, 0.15) is 20.7 Å². The Kier molecular flexibility index (Phi) is 5.05. The molecule has 0 fully saturated rings. The number of para-hydroxylation sites is 1. The second-order valence-electron chi connectivity index (χ2n) is 6.19. The summed E-state index contributed by atoms with van der Waals surface area (Å²) < 4.78 is 18.9. The molecule has 2 aromatic carbocycles. The second kappa shape index (κ2) is 7.81. The van der Waals surface area contributed by atoms with Crippen molar-refractivity contribution in [1.29, 1.82) is 0 Å². The molecule has 7 heteroatoms. The number of anilines is 1. The highest BCUT2D eigenvalue weighted by atomic mass is 32.1. The second-order valence-corrected chi connectivity index (χ2v) is 7.14. The Hall–Kier alpha value is -3.58. The summed E-state index contributed by atoms with van der Waals surface area (Å²) in [4.78, 5) is 30.3. The first-order valence-electron chi connectivity index (χ1n) is 8.69. The summed E-state index contributed by atoms with van der Waals surface area (Å²) in [6, 6.07) is 16.4. The zero-order valence-corrected chi connectivity index (χ0v) is 16.1. The topological polar surface area (TPSA) is 68.3 Å². The number of pyridine rings is 1. The van der Waals surface area contributed by atoms with Gasteiger partial charge in [-0.05, 0) is 41.8 Å². The van der Waals surface area contributed by atoms with Crippen LogP contribution in [-0.4, -0.2) is 24.0 Å². The Morgan fingerprint density at radius 3 is 2.66 bits per heavy atom. The Balaban J connectivity index is 1.77. The van der Waals surface area contributed by atoms with Crippen LogP contribution in [0.5, 0.6) is 0 Å². The monoisotopic (exact) mass is 406 g/mol. The molecule has 4 rings (SSSR count). The number of thiophene rings is 1. The van der Waals surface area contributed by atoms with Gasteiger partial charge in [0, 0.05) is 5.39 Å². The molecular weight excluding hydrogens is 391 g/mol. The van der Waals surface area contributed by atoms with Gasteiger partial charge in [-0.1, -0.05) is 24.3 Å². The number of nitrogens with one attached hydrogen (secondary N) is 1. The molecule has 0 bridgehead atoms. The molecule has 0 radical (unpaired) electrons. The first-order chi connectivity index (χ1) is 14.1. The normalized spacial score (nSPS) is 10.7. The van der Waals surface area contributed by atoms with E-state index in [0.29, 0.717) is 22.2 Å². The van der Waals surface area contributed by atoms with Gasteiger partial charge in [0.1, 0.15) is 5.82 Å². The van der Waals surface area contributed by atoms with E-state index < -0.39 is 17.7 Å². The smallest absolute Gasteiger partial charge is 0.337 e. The molecule has 1 N–H and O–H groups in total. The molecule has 2 heterocycles. The predicted octanol–water partition coefficient (Wildman–Crippen LogP) is 5.14. The number of halogens is 1. The van der Waals surface area contributed by atoms with E-state index in [2.05, 4.69) is 15.0 Å².